The third-order valence-corrected chi connectivity index (χ3v) is 4.43. The minimum Gasteiger partial charge on any atom is -0.340 e. The van der Waals surface area contributed by atoms with Gasteiger partial charge in [0.2, 0.25) is 5.91 Å². The molecule has 23 heavy (non-hydrogen) atoms. The van der Waals surface area contributed by atoms with Crippen LogP contribution in [0.2, 0.25) is 0 Å². The predicted molar refractivity (Wildman–Crippen MR) is 101 cm³/mol. The van der Waals surface area contributed by atoms with Crippen LogP contribution in [-0.4, -0.2) is 17.9 Å². The summed E-state index contributed by atoms with van der Waals surface area (Å²) in [6, 6.07) is 15.6. The fourth-order valence-corrected chi connectivity index (χ4v) is 2.70. The third kappa shape index (κ3) is 4.56. The first-order chi connectivity index (χ1) is 10.3. The SMILES string of the molecule is Cc1ccccc1CN(C)C(=O)C(C)(N)c1ccc(Br)cc1.Cl. The second kappa shape index (κ2) is 7.95. The molecule has 0 aliphatic rings. The van der Waals surface area contributed by atoms with Gasteiger partial charge in [-0.25, -0.2) is 0 Å². The zero-order chi connectivity index (χ0) is 16.3. The fraction of sp³-hybridized carbons (Fsp3) is 0.278. The molecule has 1 atom stereocenters. The van der Waals surface area contributed by atoms with Crippen molar-refractivity contribution in [1.82, 2.24) is 4.90 Å². The number of nitrogens with two attached hydrogens (primary N) is 1. The number of aryl methyl sites for hydroxylation is 1. The molecule has 1 unspecified atom stereocenters. The van der Waals surface area contributed by atoms with Crippen LogP contribution in [0.25, 0.3) is 0 Å². The lowest BCUT2D eigenvalue weighted by Crippen LogP contribution is -2.49. The van der Waals surface area contributed by atoms with E-state index in [0.717, 1.165) is 15.6 Å². The Balaban J connectivity index is 0.00000264. The molecule has 0 saturated carbocycles. The van der Waals surface area contributed by atoms with E-state index in [4.69, 9.17) is 5.73 Å². The Morgan fingerprint density at radius 1 is 1.17 bits per heavy atom. The lowest BCUT2D eigenvalue weighted by atomic mass is 9.91. The molecule has 2 N–H and O–H groups in total. The number of halogens is 2. The van der Waals surface area contributed by atoms with Crippen molar-refractivity contribution >= 4 is 34.2 Å². The second-order valence-corrected chi connectivity index (χ2v) is 6.71. The largest absolute Gasteiger partial charge is 0.340 e. The molecule has 0 aliphatic carbocycles. The molecule has 0 aromatic heterocycles. The summed E-state index contributed by atoms with van der Waals surface area (Å²) < 4.78 is 0.966. The lowest BCUT2D eigenvalue weighted by Gasteiger charge is -2.30. The standard InChI is InChI=1S/C18H21BrN2O.ClH/c1-13-6-4-5-7-14(13)12-21(3)17(22)18(2,20)15-8-10-16(19)11-9-15;/h4-11H,12,20H2,1-3H3;1H. The van der Waals surface area contributed by atoms with Crippen LogP contribution in [0.1, 0.15) is 23.6 Å². The monoisotopic (exact) mass is 396 g/mol. The zero-order valence-corrected chi connectivity index (χ0v) is 15.9. The van der Waals surface area contributed by atoms with Crippen molar-refractivity contribution in [3.63, 3.8) is 0 Å². The highest BCUT2D eigenvalue weighted by Gasteiger charge is 2.33. The van der Waals surface area contributed by atoms with E-state index in [1.807, 2.05) is 55.5 Å². The Bertz CT molecular complexity index is 671. The number of hydrogen-bond acceptors (Lipinski definition) is 2. The molecule has 0 bridgehead atoms. The number of hydrogen-bond donors (Lipinski definition) is 1. The number of benzene rings is 2. The maximum atomic E-state index is 12.8. The molecule has 3 nitrogen and oxygen atoms in total. The maximum Gasteiger partial charge on any atom is 0.247 e. The van der Waals surface area contributed by atoms with Crippen LogP contribution in [0.15, 0.2) is 53.0 Å². The summed E-state index contributed by atoms with van der Waals surface area (Å²) in [6.45, 7) is 4.35. The summed E-state index contributed by atoms with van der Waals surface area (Å²) >= 11 is 3.39. The smallest absolute Gasteiger partial charge is 0.247 e. The Labute approximate surface area is 152 Å². The molecule has 1 amide bonds. The van der Waals surface area contributed by atoms with Crippen LogP contribution < -0.4 is 5.73 Å². The van der Waals surface area contributed by atoms with E-state index in [1.54, 1.807) is 18.9 Å². The van der Waals surface area contributed by atoms with Crippen LogP contribution in [0.5, 0.6) is 0 Å². The number of rotatable bonds is 4. The van der Waals surface area contributed by atoms with Gasteiger partial charge in [0, 0.05) is 18.1 Å². The van der Waals surface area contributed by atoms with Gasteiger partial charge in [0.1, 0.15) is 5.54 Å². The first-order valence-electron chi connectivity index (χ1n) is 7.17. The number of carbonyl (C=O) groups is 1. The molecule has 0 heterocycles. The van der Waals surface area contributed by atoms with Gasteiger partial charge in [-0.15, -0.1) is 12.4 Å². The summed E-state index contributed by atoms with van der Waals surface area (Å²) in [4.78, 5) is 14.4. The Morgan fingerprint density at radius 3 is 2.30 bits per heavy atom. The van der Waals surface area contributed by atoms with Gasteiger partial charge in [0.15, 0.2) is 0 Å². The molecule has 0 saturated heterocycles. The first kappa shape index (κ1) is 19.7. The molecule has 2 aromatic rings. The van der Waals surface area contributed by atoms with E-state index in [0.29, 0.717) is 6.54 Å². The molecule has 0 aliphatic heterocycles. The number of nitrogens with zero attached hydrogens (tertiary/aromatic N) is 1. The van der Waals surface area contributed by atoms with Gasteiger partial charge in [-0.2, -0.15) is 0 Å². The zero-order valence-electron chi connectivity index (χ0n) is 13.5. The highest BCUT2D eigenvalue weighted by molar-refractivity contribution is 9.10. The quantitative estimate of drug-likeness (QED) is 0.847. The fourth-order valence-electron chi connectivity index (χ4n) is 2.43. The van der Waals surface area contributed by atoms with E-state index >= 15 is 0 Å². The predicted octanol–water partition coefficient (Wildman–Crippen LogP) is 4.01. The molecule has 0 radical (unpaired) electrons. The summed E-state index contributed by atoms with van der Waals surface area (Å²) in [5.74, 6) is -0.0990. The Hall–Kier alpha value is -1.36. The van der Waals surface area contributed by atoms with E-state index < -0.39 is 5.54 Å². The van der Waals surface area contributed by atoms with Crippen molar-refractivity contribution in [3.05, 3.63) is 69.7 Å². The van der Waals surface area contributed by atoms with Crippen molar-refractivity contribution in [2.45, 2.75) is 25.9 Å². The minimum absolute atomic E-state index is 0. The first-order valence-corrected chi connectivity index (χ1v) is 7.96. The molecular weight excluding hydrogens is 376 g/mol. The van der Waals surface area contributed by atoms with Crippen molar-refractivity contribution < 1.29 is 4.79 Å². The van der Waals surface area contributed by atoms with E-state index in [2.05, 4.69) is 15.9 Å². The highest BCUT2D eigenvalue weighted by atomic mass is 79.9. The Kier molecular flexibility index (Phi) is 6.81. The van der Waals surface area contributed by atoms with Crippen LogP contribution in [0.3, 0.4) is 0 Å². The van der Waals surface area contributed by atoms with Gasteiger partial charge in [-0.3, -0.25) is 4.79 Å². The van der Waals surface area contributed by atoms with Gasteiger partial charge < -0.3 is 10.6 Å². The van der Waals surface area contributed by atoms with Crippen molar-refractivity contribution in [1.29, 1.82) is 0 Å². The summed E-state index contributed by atoms with van der Waals surface area (Å²) in [7, 11) is 1.79. The minimum atomic E-state index is -1.04. The second-order valence-electron chi connectivity index (χ2n) is 5.80. The number of likely N-dealkylation sites (N-methyl/N-ethyl adjacent to an activating group) is 1. The average Bonchev–Trinajstić information content (AvgIpc) is 2.49. The van der Waals surface area contributed by atoms with Gasteiger partial charge in [-0.05, 0) is 42.7 Å². The normalized spacial score (nSPS) is 12.9. The molecule has 0 fully saturated rings. The molecular formula is C18H22BrClN2O. The topological polar surface area (TPSA) is 46.3 Å². The highest BCUT2D eigenvalue weighted by Crippen LogP contribution is 2.23. The van der Waals surface area contributed by atoms with Crippen molar-refractivity contribution in [2.24, 2.45) is 5.73 Å². The lowest BCUT2D eigenvalue weighted by molar-refractivity contribution is -0.136. The molecule has 5 heteroatoms. The molecule has 124 valence electrons. The van der Waals surface area contributed by atoms with Gasteiger partial charge in [0.25, 0.3) is 0 Å². The van der Waals surface area contributed by atoms with E-state index in [-0.39, 0.29) is 18.3 Å². The van der Waals surface area contributed by atoms with Gasteiger partial charge in [-0.1, -0.05) is 52.3 Å². The average molecular weight is 398 g/mol. The molecule has 0 spiro atoms. The van der Waals surface area contributed by atoms with Crippen molar-refractivity contribution in [2.75, 3.05) is 7.05 Å². The number of carbonyl (C=O) groups excluding carboxylic acids is 1. The summed E-state index contributed by atoms with van der Waals surface area (Å²) in [5.41, 5.74) is 8.38. The summed E-state index contributed by atoms with van der Waals surface area (Å²) in [5, 5.41) is 0. The Morgan fingerprint density at radius 2 is 1.74 bits per heavy atom. The summed E-state index contributed by atoms with van der Waals surface area (Å²) in [6.07, 6.45) is 0. The molecule has 2 rings (SSSR count). The van der Waals surface area contributed by atoms with Crippen molar-refractivity contribution in [3.8, 4) is 0 Å². The third-order valence-electron chi connectivity index (χ3n) is 3.90. The van der Waals surface area contributed by atoms with Crippen LogP contribution in [0.4, 0.5) is 0 Å². The van der Waals surface area contributed by atoms with Gasteiger partial charge >= 0.3 is 0 Å². The van der Waals surface area contributed by atoms with Crippen LogP contribution in [-0.2, 0) is 16.9 Å². The van der Waals surface area contributed by atoms with Gasteiger partial charge in [0.05, 0.1) is 0 Å². The van der Waals surface area contributed by atoms with E-state index in [1.165, 1.54) is 5.56 Å². The maximum absolute atomic E-state index is 12.8. The van der Waals surface area contributed by atoms with Crippen LogP contribution >= 0.6 is 28.3 Å². The molecule has 2 aromatic carbocycles. The number of amides is 1. The van der Waals surface area contributed by atoms with Crippen LogP contribution in [0, 0.1) is 6.92 Å². The van der Waals surface area contributed by atoms with E-state index in [9.17, 15) is 4.79 Å².